The largest absolute Gasteiger partial charge is 0.507 e. The molecule has 0 amide bonds. The summed E-state index contributed by atoms with van der Waals surface area (Å²) in [5.74, 6) is -0.364. The molecule has 2 aromatic carbocycles. The van der Waals surface area contributed by atoms with Crippen molar-refractivity contribution in [3.63, 3.8) is 0 Å². The van der Waals surface area contributed by atoms with Crippen LogP contribution in [0.3, 0.4) is 0 Å². The molecule has 1 aromatic heterocycles. The molecule has 88 valence electrons. The van der Waals surface area contributed by atoms with Crippen LogP contribution in [0, 0.1) is 5.82 Å². The normalized spacial score (nSPS) is 10.7. The molecule has 2 nitrogen and oxygen atoms in total. The second-order valence-electron chi connectivity index (χ2n) is 4.05. The van der Waals surface area contributed by atoms with Gasteiger partial charge in [0.25, 0.3) is 0 Å². The van der Waals surface area contributed by atoms with E-state index in [0.717, 1.165) is 10.9 Å². The van der Waals surface area contributed by atoms with Crippen molar-refractivity contribution >= 4 is 10.9 Å². The summed E-state index contributed by atoms with van der Waals surface area (Å²) in [6.07, 6.45) is 0. The first-order valence-electron chi connectivity index (χ1n) is 5.59. The van der Waals surface area contributed by atoms with Crippen LogP contribution in [0.4, 0.5) is 4.39 Å². The van der Waals surface area contributed by atoms with Gasteiger partial charge in [-0.25, -0.2) is 9.37 Å². The number of benzene rings is 2. The average Bonchev–Trinajstić information content (AvgIpc) is 2.41. The lowest BCUT2D eigenvalue weighted by Gasteiger charge is -2.05. The van der Waals surface area contributed by atoms with Crippen molar-refractivity contribution in [3.8, 4) is 17.0 Å². The van der Waals surface area contributed by atoms with Gasteiger partial charge in [-0.15, -0.1) is 0 Å². The van der Waals surface area contributed by atoms with Gasteiger partial charge in [-0.3, -0.25) is 0 Å². The Balaban J connectivity index is 2.22. The van der Waals surface area contributed by atoms with Gasteiger partial charge in [0.1, 0.15) is 11.6 Å². The molecule has 0 aliphatic heterocycles. The zero-order chi connectivity index (χ0) is 12.5. The third kappa shape index (κ3) is 1.80. The molecule has 0 aliphatic carbocycles. The van der Waals surface area contributed by atoms with E-state index in [2.05, 4.69) is 4.98 Å². The number of para-hydroxylation sites is 1. The highest BCUT2D eigenvalue weighted by atomic mass is 19.1. The lowest BCUT2D eigenvalue weighted by molar-refractivity contribution is 0.475. The third-order valence-electron chi connectivity index (χ3n) is 2.83. The highest BCUT2D eigenvalue weighted by Crippen LogP contribution is 2.29. The standard InChI is InChI=1S/C15H10FNO/c16-11-6-8-15(18)12(9-11)14-7-5-10-3-1-2-4-13(10)17-14/h1-9,18H. The molecule has 0 fully saturated rings. The zero-order valence-corrected chi connectivity index (χ0v) is 9.47. The Bertz CT molecular complexity index is 725. The fourth-order valence-corrected chi connectivity index (χ4v) is 1.93. The Labute approximate surface area is 103 Å². The summed E-state index contributed by atoms with van der Waals surface area (Å²) in [7, 11) is 0. The highest BCUT2D eigenvalue weighted by molar-refractivity contribution is 5.82. The van der Waals surface area contributed by atoms with E-state index >= 15 is 0 Å². The second-order valence-corrected chi connectivity index (χ2v) is 4.05. The van der Waals surface area contributed by atoms with Crippen LogP contribution in [0.1, 0.15) is 0 Å². The van der Waals surface area contributed by atoms with Crippen LogP contribution in [-0.4, -0.2) is 10.1 Å². The summed E-state index contributed by atoms with van der Waals surface area (Å²) in [6, 6.07) is 15.2. The topological polar surface area (TPSA) is 33.1 Å². The van der Waals surface area contributed by atoms with Gasteiger partial charge in [0.2, 0.25) is 0 Å². The lowest BCUT2D eigenvalue weighted by atomic mass is 10.1. The Hall–Kier alpha value is -2.42. The van der Waals surface area contributed by atoms with E-state index in [1.807, 2.05) is 30.3 Å². The van der Waals surface area contributed by atoms with Gasteiger partial charge in [-0.05, 0) is 30.3 Å². The van der Waals surface area contributed by atoms with Gasteiger partial charge >= 0.3 is 0 Å². The first kappa shape index (κ1) is 10.7. The number of pyridine rings is 1. The number of aromatic hydroxyl groups is 1. The van der Waals surface area contributed by atoms with Gasteiger partial charge in [0.05, 0.1) is 11.2 Å². The minimum atomic E-state index is -0.391. The molecule has 3 rings (SSSR count). The molecule has 0 radical (unpaired) electrons. The number of aromatic nitrogens is 1. The molecular formula is C15H10FNO. The summed E-state index contributed by atoms with van der Waals surface area (Å²) in [6.45, 7) is 0. The Morgan fingerprint density at radius 1 is 0.944 bits per heavy atom. The lowest BCUT2D eigenvalue weighted by Crippen LogP contribution is -1.87. The van der Waals surface area contributed by atoms with Gasteiger partial charge in [-0.1, -0.05) is 24.3 Å². The van der Waals surface area contributed by atoms with Crippen LogP contribution in [0.2, 0.25) is 0 Å². The molecule has 0 unspecified atom stereocenters. The fourth-order valence-electron chi connectivity index (χ4n) is 1.93. The van der Waals surface area contributed by atoms with E-state index in [9.17, 15) is 9.50 Å². The van der Waals surface area contributed by atoms with Gasteiger partial charge in [0.15, 0.2) is 0 Å². The van der Waals surface area contributed by atoms with Gasteiger partial charge < -0.3 is 5.11 Å². The maximum atomic E-state index is 13.2. The number of fused-ring (bicyclic) bond motifs is 1. The van der Waals surface area contributed by atoms with Crippen LogP contribution in [0.5, 0.6) is 5.75 Å². The summed E-state index contributed by atoms with van der Waals surface area (Å²) in [5, 5.41) is 10.8. The smallest absolute Gasteiger partial charge is 0.125 e. The molecule has 1 N–H and O–H groups in total. The zero-order valence-electron chi connectivity index (χ0n) is 9.47. The number of phenols is 1. The molecule has 3 aromatic rings. The number of phenolic OH excluding ortho intramolecular Hbond substituents is 1. The monoisotopic (exact) mass is 239 g/mol. The van der Waals surface area contributed by atoms with Crippen LogP contribution in [0.25, 0.3) is 22.2 Å². The Kier molecular flexibility index (Phi) is 2.45. The molecule has 0 aliphatic rings. The van der Waals surface area contributed by atoms with Crippen molar-refractivity contribution in [1.29, 1.82) is 0 Å². The van der Waals surface area contributed by atoms with Crippen LogP contribution >= 0.6 is 0 Å². The van der Waals surface area contributed by atoms with E-state index in [1.165, 1.54) is 18.2 Å². The summed E-state index contributed by atoms with van der Waals surface area (Å²) < 4.78 is 13.2. The average molecular weight is 239 g/mol. The maximum Gasteiger partial charge on any atom is 0.125 e. The van der Waals surface area contributed by atoms with Crippen LogP contribution in [-0.2, 0) is 0 Å². The molecule has 0 saturated heterocycles. The molecule has 1 heterocycles. The Morgan fingerprint density at radius 3 is 2.67 bits per heavy atom. The summed E-state index contributed by atoms with van der Waals surface area (Å²) in [5.41, 5.74) is 1.78. The van der Waals surface area contributed by atoms with Crippen molar-refractivity contribution in [2.45, 2.75) is 0 Å². The third-order valence-corrected chi connectivity index (χ3v) is 2.83. The van der Waals surface area contributed by atoms with Crippen molar-refractivity contribution in [2.24, 2.45) is 0 Å². The predicted molar refractivity (Wildman–Crippen MR) is 68.8 cm³/mol. The predicted octanol–water partition coefficient (Wildman–Crippen LogP) is 3.75. The molecular weight excluding hydrogens is 229 g/mol. The summed E-state index contributed by atoms with van der Waals surface area (Å²) in [4.78, 5) is 4.42. The van der Waals surface area contributed by atoms with E-state index < -0.39 is 5.82 Å². The van der Waals surface area contributed by atoms with Crippen molar-refractivity contribution in [2.75, 3.05) is 0 Å². The van der Waals surface area contributed by atoms with Crippen molar-refractivity contribution < 1.29 is 9.50 Å². The fraction of sp³-hybridized carbons (Fsp3) is 0. The molecule has 0 spiro atoms. The van der Waals surface area contributed by atoms with E-state index in [0.29, 0.717) is 11.3 Å². The van der Waals surface area contributed by atoms with Crippen molar-refractivity contribution in [1.82, 2.24) is 4.98 Å². The minimum Gasteiger partial charge on any atom is -0.507 e. The van der Waals surface area contributed by atoms with Crippen LogP contribution < -0.4 is 0 Å². The molecule has 0 saturated carbocycles. The number of hydrogen-bond donors (Lipinski definition) is 1. The van der Waals surface area contributed by atoms with Gasteiger partial charge in [0, 0.05) is 10.9 Å². The van der Waals surface area contributed by atoms with E-state index in [4.69, 9.17) is 0 Å². The number of halogens is 1. The Morgan fingerprint density at radius 2 is 1.78 bits per heavy atom. The minimum absolute atomic E-state index is 0.0270. The van der Waals surface area contributed by atoms with E-state index in [-0.39, 0.29) is 5.75 Å². The molecule has 0 atom stereocenters. The van der Waals surface area contributed by atoms with Crippen LogP contribution in [0.15, 0.2) is 54.6 Å². The number of nitrogens with zero attached hydrogens (tertiary/aromatic N) is 1. The first-order chi connectivity index (χ1) is 8.74. The summed E-state index contributed by atoms with van der Waals surface area (Å²) >= 11 is 0. The quantitative estimate of drug-likeness (QED) is 0.701. The highest BCUT2D eigenvalue weighted by Gasteiger charge is 2.07. The van der Waals surface area contributed by atoms with Gasteiger partial charge in [-0.2, -0.15) is 0 Å². The first-order valence-corrected chi connectivity index (χ1v) is 5.59. The van der Waals surface area contributed by atoms with E-state index in [1.54, 1.807) is 6.07 Å². The SMILES string of the molecule is Oc1ccc(F)cc1-c1ccc2ccccc2n1. The van der Waals surface area contributed by atoms with Crippen molar-refractivity contribution in [3.05, 3.63) is 60.4 Å². The second kappa shape index (κ2) is 4.11. The molecule has 18 heavy (non-hydrogen) atoms. The molecule has 3 heteroatoms. The maximum absolute atomic E-state index is 13.2. The molecule has 0 bridgehead atoms. The number of hydrogen-bond acceptors (Lipinski definition) is 2. The number of rotatable bonds is 1.